The van der Waals surface area contributed by atoms with E-state index in [0.29, 0.717) is 39.9 Å². The molecule has 5 rings (SSSR count). The predicted molar refractivity (Wildman–Crippen MR) is 130 cm³/mol. The van der Waals surface area contributed by atoms with Gasteiger partial charge >= 0.3 is 5.97 Å². The molecule has 5 aromatic rings. The van der Waals surface area contributed by atoms with Gasteiger partial charge in [0.05, 0.1) is 45.0 Å². The van der Waals surface area contributed by atoms with Crippen LogP contribution >= 0.6 is 0 Å². The van der Waals surface area contributed by atoms with Gasteiger partial charge < -0.3 is 29.0 Å². The minimum absolute atomic E-state index is 0.189. The number of imidazole rings is 1. The number of methoxy groups -OCH3 is 4. The Balaban J connectivity index is 1.87. The van der Waals surface area contributed by atoms with Gasteiger partial charge in [-0.2, -0.15) is 0 Å². The molecule has 0 bridgehead atoms. The summed E-state index contributed by atoms with van der Waals surface area (Å²) in [5.74, 6) is 2.01. The number of ether oxygens (including phenoxy) is 4. The maximum absolute atomic E-state index is 11.4. The quantitative estimate of drug-likeness (QED) is 0.334. The van der Waals surface area contributed by atoms with E-state index >= 15 is 0 Å². The van der Waals surface area contributed by atoms with E-state index in [0.717, 1.165) is 27.1 Å². The van der Waals surface area contributed by atoms with Crippen LogP contribution in [-0.4, -0.2) is 49.5 Å². The van der Waals surface area contributed by atoms with Gasteiger partial charge in [0, 0.05) is 5.56 Å². The van der Waals surface area contributed by atoms with Crippen LogP contribution in [0, 0.1) is 0 Å². The molecule has 8 nitrogen and oxygen atoms in total. The lowest BCUT2D eigenvalue weighted by Gasteiger charge is -2.15. The molecule has 0 fully saturated rings. The van der Waals surface area contributed by atoms with Crippen LogP contribution < -0.4 is 18.9 Å². The van der Waals surface area contributed by atoms with Crippen molar-refractivity contribution in [3.63, 3.8) is 0 Å². The first-order chi connectivity index (χ1) is 16.5. The number of carboxylic acid groups (broad SMARTS) is 1. The van der Waals surface area contributed by atoms with Gasteiger partial charge in [-0.25, -0.2) is 9.78 Å². The van der Waals surface area contributed by atoms with Crippen LogP contribution in [0.15, 0.2) is 48.5 Å². The lowest BCUT2D eigenvalue weighted by atomic mass is 9.95. The molecule has 0 radical (unpaired) electrons. The number of aromatic nitrogens is 2. The van der Waals surface area contributed by atoms with E-state index in [1.165, 1.54) is 0 Å². The Hall–Kier alpha value is -4.46. The zero-order valence-electron chi connectivity index (χ0n) is 19.1. The smallest absolute Gasteiger partial charge is 0.335 e. The molecule has 34 heavy (non-hydrogen) atoms. The highest BCUT2D eigenvalue weighted by molar-refractivity contribution is 6.15. The lowest BCUT2D eigenvalue weighted by Crippen LogP contribution is -1.95. The number of rotatable bonds is 6. The number of aromatic carboxylic acids is 1. The molecule has 0 saturated heterocycles. The maximum Gasteiger partial charge on any atom is 0.335 e. The van der Waals surface area contributed by atoms with Gasteiger partial charge in [0.15, 0.2) is 23.0 Å². The summed E-state index contributed by atoms with van der Waals surface area (Å²) < 4.78 is 22.2. The van der Waals surface area contributed by atoms with Crippen molar-refractivity contribution in [3.05, 3.63) is 54.1 Å². The fourth-order valence-electron chi connectivity index (χ4n) is 4.27. The zero-order chi connectivity index (χ0) is 24.0. The maximum atomic E-state index is 11.4. The first-order valence-electron chi connectivity index (χ1n) is 10.4. The van der Waals surface area contributed by atoms with Gasteiger partial charge in [-0.1, -0.05) is 0 Å². The number of nitrogens with zero attached hydrogens (tertiary/aromatic N) is 1. The van der Waals surface area contributed by atoms with Crippen molar-refractivity contribution in [2.45, 2.75) is 0 Å². The first kappa shape index (κ1) is 21.4. The fourth-order valence-corrected chi connectivity index (χ4v) is 4.27. The van der Waals surface area contributed by atoms with Crippen molar-refractivity contribution >= 4 is 38.5 Å². The summed E-state index contributed by atoms with van der Waals surface area (Å²) in [5, 5.41) is 13.0. The molecule has 0 amide bonds. The van der Waals surface area contributed by atoms with Crippen molar-refractivity contribution in [1.29, 1.82) is 0 Å². The Morgan fingerprint density at radius 3 is 1.97 bits per heavy atom. The number of carbonyl (C=O) groups is 1. The van der Waals surface area contributed by atoms with Crippen LogP contribution in [-0.2, 0) is 0 Å². The Bertz CT molecular complexity index is 1590. The number of benzene rings is 4. The minimum atomic E-state index is -0.993. The minimum Gasteiger partial charge on any atom is -0.493 e. The van der Waals surface area contributed by atoms with Gasteiger partial charge in [0.1, 0.15) is 5.82 Å². The molecule has 0 aliphatic rings. The van der Waals surface area contributed by atoms with Crippen molar-refractivity contribution in [2.75, 3.05) is 28.4 Å². The molecule has 0 aliphatic carbocycles. The fraction of sp³-hybridized carbons (Fsp3) is 0.154. The van der Waals surface area contributed by atoms with Crippen molar-refractivity contribution < 1.29 is 28.8 Å². The first-order valence-corrected chi connectivity index (χ1v) is 10.4. The molecular formula is C26H22N2O6. The van der Waals surface area contributed by atoms with Crippen molar-refractivity contribution in [2.24, 2.45) is 0 Å². The third-order valence-electron chi connectivity index (χ3n) is 5.94. The Kier molecular flexibility index (Phi) is 5.13. The van der Waals surface area contributed by atoms with E-state index in [-0.39, 0.29) is 5.56 Å². The summed E-state index contributed by atoms with van der Waals surface area (Å²) in [6.45, 7) is 0. The summed E-state index contributed by atoms with van der Waals surface area (Å²) in [7, 11) is 6.38. The average molecular weight is 458 g/mol. The molecular weight excluding hydrogens is 436 g/mol. The standard InChI is InChI=1S/C26H22N2O6/c1-31-21-9-14-7-18(25-27-19-6-5-13(26(29)30)8-20(19)28-25)17-12-24(34-4)23(33-3)11-16(17)15(14)10-22(21)32-2/h5-12H,1-4H3,(H,27,28)(H,29,30). The molecule has 1 heterocycles. The molecule has 0 unspecified atom stereocenters. The normalized spacial score (nSPS) is 11.2. The molecule has 0 atom stereocenters. The second kappa shape index (κ2) is 8.15. The number of hydrogen-bond donors (Lipinski definition) is 2. The predicted octanol–water partition coefficient (Wildman–Crippen LogP) is 5.27. The van der Waals surface area contributed by atoms with E-state index in [9.17, 15) is 9.90 Å². The van der Waals surface area contributed by atoms with Crippen LogP contribution in [0.25, 0.3) is 44.0 Å². The number of fused-ring (bicyclic) bond motifs is 4. The molecule has 4 aromatic carbocycles. The van der Waals surface area contributed by atoms with Gasteiger partial charge in [0.2, 0.25) is 0 Å². The van der Waals surface area contributed by atoms with Crippen molar-refractivity contribution in [3.8, 4) is 34.4 Å². The Morgan fingerprint density at radius 2 is 1.35 bits per heavy atom. The van der Waals surface area contributed by atoms with Gasteiger partial charge in [-0.3, -0.25) is 0 Å². The third-order valence-corrected chi connectivity index (χ3v) is 5.94. The molecule has 0 saturated carbocycles. The second-order valence-corrected chi connectivity index (χ2v) is 7.73. The zero-order valence-corrected chi connectivity index (χ0v) is 19.1. The number of hydrogen-bond acceptors (Lipinski definition) is 6. The molecule has 1 aromatic heterocycles. The van der Waals surface area contributed by atoms with E-state index in [4.69, 9.17) is 23.9 Å². The summed E-state index contributed by atoms with van der Waals surface area (Å²) in [6.07, 6.45) is 0. The summed E-state index contributed by atoms with van der Waals surface area (Å²) in [5.41, 5.74) is 2.31. The topological polar surface area (TPSA) is 103 Å². The summed E-state index contributed by atoms with van der Waals surface area (Å²) in [4.78, 5) is 19.4. The number of carboxylic acids is 1. The molecule has 2 N–H and O–H groups in total. The third kappa shape index (κ3) is 3.31. The second-order valence-electron chi connectivity index (χ2n) is 7.73. The van der Waals surface area contributed by atoms with E-state index < -0.39 is 5.97 Å². The summed E-state index contributed by atoms with van der Waals surface area (Å²) in [6, 6.07) is 14.5. The molecule has 172 valence electrons. The van der Waals surface area contributed by atoms with Gasteiger partial charge in [0.25, 0.3) is 0 Å². The van der Waals surface area contributed by atoms with E-state index in [1.54, 1.807) is 46.6 Å². The Labute approximate surface area is 194 Å². The van der Waals surface area contributed by atoms with Crippen LogP contribution in [0.3, 0.4) is 0 Å². The van der Waals surface area contributed by atoms with E-state index in [2.05, 4.69) is 4.98 Å². The highest BCUT2D eigenvalue weighted by atomic mass is 16.5. The Morgan fingerprint density at radius 1 is 0.765 bits per heavy atom. The molecule has 0 aliphatic heterocycles. The number of aromatic amines is 1. The van der Waals surface area contributed by atoms with Gasteiger partial charge in [-0.05, 0) is 70.1 Å². The van der Waals surface area contributed by atoms with E-state index in [1.807, 2.05) is 30.3 Å². The molecule has 8 heteroatoms. The molecule has 0 spiro atoms. The lowest BCUT2D eigenvalue weighted by molar-refractivity contribution is 0.0697. The highest BCUT2D eigenvalue weighted by Crippen LogP contribution is 2.43. The highest BCUT2D eigenvalue weighted by Gasteiger charge is 2.18. The van der Waals surface area contributed by atoms with Crippen LogP contribution in [0.2, 0.25) is 0 Å². The largest absolute Gasteiger partial charge is 0.493 e. The van der Waals surface area contributed by atoms with Crippen LogP contribution in [0.4, 0.5) is 0 Å². The average Bonchev–Trinajstić information content (AvgIpc) is 3.29. The summed E-state index contributed by atoms with van der Waals surface area (Å²) >= 11 is 0. The SMILES string of the molecule is COc1cc2cc(-c3nc4ccc(C(=O)O)cc4[nH]3)c3cc(OC)c(OC)cc3c2cc1OC. The van der Waals surface area contributed by atoms with Crippen molar-refractivity contribution in [1.82, 2.24) is 9.97 Å². The number of H-pyrrole nitrogens is 1. The monoisotopic (exact) mass is 458 g/mol. The number of nitrogens with one attached hydrogen (secondary N) is 1. The van der Waals surface area contributed by atoms with Crippen LogP contribution in [0.5, 0.6) is 23.0 Å². The van der Waals surface area contributed by atoms with Crippen LogP contribution in [0.1, 0.15) is 10.4 Å². The van der Waals surface area contributed by atoms with Gasteiger partial charge in [-0.15, -0.1) is 0 Å².